The molecular weight excluding hydrogens is 218 g/mol. The van der Waals surface area contributed by atoms with Crippen LogP contribution < -0.4 is 5.32 Å². The molecule has 0 amide bonds. The highest BCUT2D eigenvalue weighted by Crippen LogP contribution is 2.20. The zero-order valence-electron chi connectivity index (χ0n) is 10.6. The molecule has 90 valence electrons. The lowest BCUT2D eigenvalue weighted by Crippen LogP contribution is -1.90. The fourth-order valence-corrected chi connectivity index (χ4v) is 1.84. The molecule has 0 aliphatic carbocycles. The zero-order chi connectivity index (χ0) is 12.8. The molecule has 1 heteroatoms. The molecule has 0 unspecified atom stereocenters. The molecule has 0 bridgehead atoms. The summed E-state index contributed by atoms with van der Waals surface area (Å²) in [6.45, 7) is 5.84. The first kappa shape index (κ1) is 12.2. The van der Waals surface area contributed by atoms with Crippen molar-refractivity contribution >= 4 is 16.9 Å². The molecule has 18 heavy (non-hydrogen) atoms. The van der Waals surface area contributed by atoms with Gasteiger partial charge in [0.2, 0.25) is 0 Å². The molecule has 1 N–H and O–H groups in total. The van der Waals surface area contributed by atoms with Crippen molar-refractivity contribution in [2.45, 2.75) is 6.92 Å². The van der Waals surface area contributed by atoms with Gasteiger partial charge in [-0.2, -0.15) is 0 Å². The van der Waals surface area contributed by atoms with Crippen molar-refractivity contribution in [1.82, 2.24) is 0 Å². The van der Waals surface area contributed by atoms with Crippen LogP contribution in [0.25, 0.3) is 5.57 Å². The quantitative estimate of drug-likeness (QED) is 0.734. The van der Waals surface area contributed by atoms with Crippen LogP contribution in [0.1, 0.15) is 12.5 Å². The number of hydrogen-bond donors (Lipinski definition) is 1. The third-order valence-electron chi connectivity index (χ3n) is 2.81. The zero-order valence-corrected chi connectivity index (χ0v) is 10.6. The van der Waals surface area contributed by atoms with Crippen molar-refractivity contribution in [1.29, 1.82) is 0 Å². The summed E-state index contributed by atoms with van der Waals surface area (Å²) in [5, 5.41) is 3.36. The van der Waals surface area contributed by atoms with Crippen LogP contribution in [0.5, 0.6) is 0 Å². The second-order valence-electron chi connectivity index (χ2n) is 4.02. The first-order valence-corrected chi connectivity index (χ1v) is 6.04. The summed E-state index contributed by atoms with van der Waals surface area (Å²) in [5.41, 5.74) is 4.53. The highest BCUT2D eigenvalue weighted by atomic mass is 14.9. The Balaban J connectivity index is 2.16. The van der Waals surface area contributed by atoms with E-state index in [0.29, 0.717) is 0 Å². The molecule has 2 rings (SSSR count). The van der Waals surface area contributed by atoms with Crippen LogP contribution in [-0.4, -0.2) is 0 Å². The van der Waals surface area contributed by atoms with Crippen LogP contribution in [0.3, 0.4) is 0 Å². The minimum Gasteiger partial charge on any atom is -0.356 e. The van der Waals surface area contributed by atoms with Crippen LogP contribution in [0.2, 0.25) is 0 Å². The molecule has 1 nitrogen and oxygen atoms in total. The number of benzene rings is 2. The Hall–Kier alpha value is -2.28. The predicted octanol–water partition coefficient (Wildman–Crippen LogP) is 5.02. The van der Waals surface area contributed by atoms with Crippen LogP contribution >= 0.6 is 0 Å². The first-order valence-electron chi connectivity index (χ1n) is 6.04. The van der Waals surface area contributed by atoms with Crippen molar-refractivity contribution in [3.63, 3.8) is 0 Å². The summed E-state index contributed by atoms with van der Waals surface area (Å²) in [5.74, 6) is 0. The van der Waals surface area contributed by atoms with Gasteiger partial charge in [0.15, 0.2) is 0 Å². The van der Waals surface area contributed by atoms with E-state index in [4.69, 9.17) is 0 Å². The Kier molecular flexibility index (Phi) is 3.98. The van der Waals surface area contributed by atoms with Crippen LogP contribution in [-0.2, 0) is 0 Å². The monoisotopic (exact) mass is 235 g/mol. The van der Waals surface area contributed by atoms with E-state index in [9.17, 15) is 0 Å². The van der Waals surface area contributed by atoms with Gasteiger partial charge < -0.3 is 5.32 Å². The third kappa shape index (κ3) is 2.89. The Morgan fingerprint density at radius 1 is 0.944 bits per heavy atom. The van der Waals surface area contributed by atoms with Gasteiger partial charge in [-0.1, -0.05) is 49.1 Å². The molecule has 2 aromatic rings. The molecule has 0 radical (unpaired) electrons. The summed E-state index contributed by atoms with van der Waals surface area (Å²) < 4.78 is 0. The van der Waals surface area contributed by atoms with Crippen molar-refractivity contribution in [3.8, 4) is 0 Å². The average Bonchev–Trinajstić information content (AvgIpc) is 2.43. The van der Waals surface area contributed by atoms with E-state index in [1.54, 1.807) is 0 Å². The second-order valence-corrected chi connectivity index (χ2v) is 4.02. The van der Waals surface area contributed by atoms with E-state index < -0.39 is 0 Å². The summed E-state index contributed by atoms with van der Waals surface area (Å²) in [7, 11) is 0. The molecule has 0 saturated heterocycles. The summed E-state index contributed by atoms with van der Waals surface area (Å²) in [6, 6.07) is 18.5. The van der Waals surface area contributed by atoms with E-state index in [2.05, 4.69) is 54.4 Å². The lowest BCUT2D eigenvalue weighted by Gasteiger charge is -2.07. The molecule has 0 atom stereocenters. The molecule has 0 aliphatic heterocycles. The molecule has 0 saturated carbocycles. The molecule has 2 aromatic carbocycles. The van der Waals surface area contributed by atoms with Gasteiger partial charge in [-0.15, -0.1) is 0 Å². The van der Waals surface area contributed by atoms with Crippen LogP contribution in [0.4, 0.5) is 11.4 Å². The number of anilines is 2. The number of para-hydroxylation sites is 1. The Morgan fingerprint density at radius 3 is 2.11 bits per heavy atom. The fraction of sp³-hybridized carbons (Fsp3) is 0.0588. The van der Waals surface area contributed by atoms with Gasteiger partial charge in [-0.3, -0.25) is 0 Å². The number of hydrogen-bond acceptors (Lipinski definition) is 1. The second kappa shape index (κ2) is 5.87. The van der Waals surface area contributed by atoms with Gasteiger partial charge in [0.1, 0.15) is 0 Å². The predicted molar refractivity (Wildman–Crippen MR) is 80.0 cm³/mol. The summed E-state index contributed by atoms with van der Waals surface area (Å²) in [6.07, 6.45) is 3.94. The summed E-state index contributed by atoms with van der Waals surface area (Å²) >= 11 is 0. The van der Waals surface area contributed by atoms with Gasteiger partial charge >= 0.3 is 0 Å². The van der Waals surface area contributed by atoms with E-state index in [1.807, 2.05) is 31.2 Å². The highest BCUT2D eigenvalue weighted by Gasteiger charge is 1.97. The Morgan fingerprint density at radius 2 is 1.56 bits per heavy atom. The van der Waals surface area contributed by atoms with Crippen molar-refractivity contribution in [3.05, 3.63) is 78.9 Å². The lowest BCUT2D eigenvalue weighted by molar-refractivity contribution is 1.53. The SMILES string of the molecule is C=C/C(=C\C)c1ccc(Nc2ccccc2)cc1. The van der Waals surface area contributed by atoms with E-state index in [-0.39, 0.29) is 0 Å². The lowest BCUT2D eigenvalue weighted by atomic mass is 10.1. The van der Waals surface area contributed by atoms with Gasteiger partial charge in [0.25, 0.3) is 0 Å². The highest BCUT2D eigenvalue weighted by molar-refractivity contribution is 5.74. The van der Waals surface area contributed by atoms with Crippen molar-refractivity contribution < 1.29 is 0 Å². The molecular formula is C17H17N. The smallest absolute Gasteiger partial charge is 0.0384 e. The first-order chi connectivity index (χ1) is 8.83. The minimum atomic E-state index is 1.09. The molecule has 0 aliphatic rings. The fourth-order valence-electron chi connectivity index (χ4n) is 1.84. The van der Waals surface area contributed by atoms with Gasteiger partial charge in [0.05, 0.1) is 0 Å². The topological polar surface area (TPSA) is 12.0 Å². The average molecular weight is 235 g/mol. The standard InChI is InChI=1S/C17H17N/c1-3-14(4-2)15-10-12-17(13-11-15)18-16-8-6-5-7-9-16/h3-13,18H,1H2,2H3/b14-4+. The van der Waals surface area contributed by atoms with Gasteiger partial charge in [0, 0.05) is 11.4 Å². The molecule has 0 aromatic heterocycles. The van der Waals surface area contributed by atoms with Crippen molar-refractivity contribution in [2.75, 3.05) is 5.32 Å². The number of rotatable bonds is 4. The van der Waals surface area contributed by atoms with E-state index in [1.165, 1.54) is 5.56 Å². The normalized spacial score (nSPS) is 11.1. The maximum absolute atomic E-state index is 3.81. The molecule has 0 heterocycles. The number of allylic oxidation sites excluding steroid dienone is 3. The van der Waals surface area contributed by atoms with Crippen LogP contribution in [0, 0.1) is 0 Å². The van der Waals surface area contributed by atoms with Gasteiger partial charge in [-0.05, 0) is 42.3 Å². The maximum atomic E-state index is 3.81. The number of nitrogens with one attached hydrogen (secondary N) is 1. The van der Waals surface area contributed by atoms with Gasteiger partial charge in [-0.25, -0.2) is 0 Å². The largest absolute Gasteiger partial charge is 0.356 e. The third-order valence-corrected chi connectivity index (χ3v) is 2.81. The minimum absolute atomic E-state index is 1.09. The van der Waals surface area contributed by atoms with Crippen LogP contribution in [0.15, 0.2) is 73.3 Å². The van der Waals surface area contributed by atoms with Crippen molar-refractivity contribution in [2.24, 2.45) is 0 Å². The van der Waals surface area contributed by atoms with E-state index in [0.717, 1.165) is 16.9 Å². The van der Waals surface area contributed by atoms with E-state index >= 15 is 0 Å². The molecule has 0 spiro atoms. The molecule has 0 fully saturated rings. The Bertz CT molecular complexity index is 536. The maximum Gasteiger partial charge on any atom is 0.0384 e. The summed E-state index contributed by atoms with van der Waals surface area (Å²) in [4.78, 5) is 0. The Labute approximate surface area is 108 Å².